The van der Waals surface area contributed by atoms with Crippen LogP contribution in [0.2, 0.25) is 0 Å². The zero-order valence-electron chi connectivity index (χ0n) is 16.4. The molecule has 0 saturated carbocycles. The standard InChI is InChI=1S/C21H23FN4O3/c1-13-8-19(29-25-13)17-10-20(27)23-24-21(17)14-4-3-7-26(11-14)12-15-9-16(28-2)5-6-18(15)22/h5-6,8-10,14H,3-4,7,11-12H2,1-2H3,(H,23,27). The van der Waals surface area contributed by atoms with Crippen molar-refractivity contribution in [3.05, 3.63) is 63.5 Å². The van der Waals surface area contributed by atoms with E-state index in [9.17, 15) is 9.18 Å². The maximum Gasteiger partial charge on any atom is 0.264 e. The number of aromatic nitrogens is 3. The smallest absolute Gasteiger partial charge is 0.264 e. The van der Waals surface area contributed by atoms with E-state index in [0.29, 0.717) is 35.7 Å². The maximum absolute atomic E-state index is 14.3. The minimum absolute atomic E-state index is 0.0923. The lowest BCUT2D eigenvalue weighted by molar-refractivity contribution is 0.195. The van der Waals surface area contributed by atoms with Crippen molar-refractivity contribution in [2.45, 2.75) is 32.2 Å². The molecular weight excluding hydrogens is 375 g/mol. The molecule has 1 N–H and O–H groups in total. The van der Waals surface area contributed by atoms with Crippen molar-refractivity contribution < 1.29 is 13.7 Å². The number of aromatic amines is 1. The van der Waals surface area contributed by atoms with Gasteiger partial charge in [0.2, 0.25) is 0 Å². The minimum Gasteiger partial charge on any atom is -0.497 e. The van der Waals surface area contributed by atoms with Crippen LogP contribution in [0.5, 0.6) is 5.75 Å². The van der Waals surface area contributed by atoms with Gasteiger partial charge < -0.3 is 9.26 Å². The van der Waals surface area contributed by atoms with Crippen molar-refractivity contribution in [3.8, 4) is 17.1 Å². The Balaban J connectivity index is 1.59. The van der Waals surface area contributed by atoms with Crippen LogP contribution in [0, 0.1) is 12.7 Å². The summed E-state index contributed by atoms with van der Waals surface area (Å²) in [6.07, 6.45) is 1.88. The topological polar surface area (TPSA) is 84.2 Å². The van der Waals surface area contributed by atoms with Crippen LogP contribution >= 0.6 is 0 Å². The molecule has 1 aliphatic heterocycles. The lowest BCUT2D eigenvalue weighted by Crippen LogP contribution is -2.35. The van der Waals surface area contributed by atoms with Crippen molar-refractivity contribution in [1.29, 1.82) is 0 Å². The summed E-state index contributed by atoms with van der Waals surface area (Å²) in [7, 11) is 1.57. The second-order valence-electron chi connectivity index (χ2n) is 7.40. The molecule has 1 fully saturated rings. The van der Waals surface area contributed by atoms with E-state index in [1.165, 1.54) is 12.1 Å². The lowest BCUT2D eigenvalue weighted by atomic mass is 9.91. The van der Waals surface area contributed by atoms with Gasteiger partial charge in [-0.15, -0.1) is 0 Å². The van der Waals surface area contributed by atoms with Crippen molar-refractivity contribution in [1.82, 2.24) is 20.3 Å². The highest BCUT2D eigenvalue weighted by Gasteiger charge is 2.27. The normalized spacial score (nSPS) is 17.4. The molecule has 3 heterocycles. The molecule has 3 aromatic rings. The first-order chi connectivity index (χ1) is 14.0. The molecule has 8 heteroatoms. The molecule has 152 valence electrons. The maximum atomic E-state index is 14.3. The molecule has 0 spiro atoms. The molecule has 7 nitrogen and oxygen atoms in total. The van der Waals surface area contributed by atoms with Crippen LogP contribution in [-0.2, 0) is 6.54 Å². The fourth-order valence-electron chi connectivity index (χ4n) is 3.87. The van der Waals surface area contributed by atoms with Crippen LogP contribution < -0.4 is 10.3 Å². The number of nitrogens with one attached hydrogen (secondary N) is 1. The summed E-state index contributed by atoms with van der Waals surface area (Å²) in [6, 6.07) is 8.09. The van der Waals surface area contributed by atoms with Crippen LogP contribution in [-0.4, -0.2) is 40.5 Å². The number of hydrogen-bond donors (Lipinski definition) is 1. The Bertz CT molecular complexity index is 1060. The quantitative estimate of drug-likeness (QED) is 0.710. The average molecular weight is 398 g/mol. The number of hydrogen-bond acceptors (Lipinski definition) is 6. The first kappa shape index (κ1) is 19.3. The third-order valence-corrected chi connectivity index (χ3v) is 5.27. The van der Waals surface area contributed by atoms with Crippen LogP contribution in [0.4, 0.5) is 4.39 Å². The third kappa shape index (κ3) is 4.22. The lowest BCUT2D eigenvalue weighted by Gasteiger charge is -2.33. The van der Waals surface area contributed by atoms with Gasteiger partial charge >= 0.3 is 0 Å². The summed E-state index contributed by atoms with van der Waals surface area (Å²) in [5.41, 5.74) is 2.49. The van der Waals surface area contributed by atoms with Crippen molar-refractivity contribution in [2.75, 3.05) is 20.2 Å². The van der Waals surface area contributed by atoms with Crippen LogP contribution in [0.15, 0.2) is 39.6 Å². The Morgan fingerprint density at radius 3 is 2.97 bits per heavy atom. The zero-order valence-corrected chi connectivity index (χ0v) is 16.4. The van der Waals surface area contributed by atoms with E-state index in [1.54, 1.807) is 25.3 Å². The number of aryl methyl sites for hydroxylation is 1. The Labute approximate surface area is 167 Å². The molecule has 0 aliphatic carbocycles. The molecule has 0 bridgehead atoms. The van der Waals surface area contributed by atoms with E-state index in [4.69, 9.17) is 9.26 Å². The van der Waals surface area contributed by atoms with Gasteiger partial charge in [0.15, 0.2) is 5.76 Å². The van der Waals surface area contributed by atoms with Gasteiger partial charge in [-0.3, -0.25) is 9.69 Å². The third-order valence-electron chi connectivity index (χ3n) is 5.27. The summed E-state index contributed by atoms with van der Waals surface area (Å²) >= 11 is 0. The molecule has 2 aromatic heterocycles. The summed E-state index contributed by atoms with van der Waals surface area (Å²) in [6.45, 7) is 3.89. The molecular formula is C21H23FN4O3. The second kappa shape index (κ2) is 8.16. The summed E-state index contributed by atoms with van der Waals surface area (Å²) in [5.74, 6) is 1.02. The van der Waals surface area contributed by atoms with Crippen LogP contribution in [0.25, 0.3) is 11.3 Å². The highest BCUT2D eigenvalue weighted by atomic mass is 19.1. The highest BCUT2D eigenvalue weighted by Crippen LogP contribution is 2.33. The fraction of sp³-hybridized carbons (Fsp3) is 0.381. The van der Waals surface area contributed by atoms with E-state index >= 15 is 0 Å². The largest absolute Gasteiger partial charge is 0.497 e. The van der Waals surface area contributed by atoms with E-state index in [2.05, 4.69) is 20.3 Å². The molecule has 1 aromatic carbocycles. The van der Waals surface area contributed by atoms with Gasteiger partial charge in [0.05, 0.1) is 18.5 Å². The Kier molecular flexibility index (Phi) is 5.44. The molecule has 29 heavy (non-hydrogen) atoms. The first-order valence-corrected chi connectivity index (χ1v) is 9.61. The number of likely N-dealkylation sites (tertiary alicyclic amines) is 1. The van der Waals surface area contributed by atoms with Gasteiger partial charge in [-0.05, 0) is 44.5 Å². The number of piperidine rings is 1. The van der Waals surface area contributed by atoms with Gasteiger partial charge in [0.25, 0.3) is 5.56 Å². The molecule has 0 amide bonds. The predicted molar refractivity (Wildman–Crippen MR) is 105 cm³/mol. The molecule has 1 saturated heterocycles. The van der Waals surface area contributed by atoms with Gasteiger partial charge in [0, 0.05) is 42.3 Å². The summed E-state index contributed by atoms with van der Waals surface area (Å²) in [5, 5.41) is 10.8. The number of methoxy groups -OCH3 is 1. The van der Waals surface area contributed by atoms with Crippen molar-refractivity contribution >= 4 is 0 Å². The number of rotatable bonds is 5. The molecule has 0 radical (unpaired) electrons. The molecule has 1 atom stereocenters. The average Bonchev–Trinajstić information content (AvgIpc) is 3.16. The van der Waals surface area contributed by atoms with Gasteiger partial charge in [0.1, 0.15) is 11.6 Å². The number of halogens is 1. The summed E-state index contributed by atoms with van der Waals surface area (Å²) < 4.78 is 24.9. The molecule has 4 rings (SSSR count). The Morgan fingerprint density at radius 1 is 1.34 bits per heavy atom. The Morgan fingerprint density at radius 2 is 2.21 bits per heavy atom. The predicted octanol–water partition coefficient (Wildman–Crippen LogP) is 3.26. The zero-order chi connectivity index (χ0) is 20.4. The Hall–Kier alpha value is -3.00. The van der Waals surface area contributed by atoms with Crippen LogP contribution in [0.3, 0.4) is 0 Å². The molecule has 1 unspecified atom stereocenters. The van der Waals surface area contributed by atoms with E-state index in [1.807, 2.05) is 6.92 Å². The fourth-order valence-corrected chi connectivity index (χ4v) is 3.87. The number of H-pyrrole nitrogens is 1. The van der Waals surface area contributed by atoms with Crippen LogP contribution in [0.1, 0.15) is 35.7 Å². The monoisotopic (exact) mass is 398 g/mol. The summed E-state index contributed by atoms with van der Waals surface area (Å²) in [4.78, 5) is 14.1. The van der Waals surface area contributed by atoms with E-state index in [-0.39, 0.29) is 17.3 Å². The van der Waals surface area contributed by atoms with Crippen molar-refractivity contribution in [2.24, 2.45) is 0 Å². The first-order valence-electron chi connectivity index (χ1n) is 9.61. The molecule has 1 aliphatic rings. The highest BCUT2D eigenvalue weighted by molar-refractivity contribution is 5.60. The van der Waals surface area contributed by atoms with Crippen molar-refractivity contribution in [3.63, 3.8) is 0 Å². The van der Waals surface area contributed by atoms with Gasteiger partial charge in [-0.2, -0.15) is 5.10 Å². The number of benzene rings is 1. The van der Waals surface area contributed by atoms with E-state index in [0.717, 1.165) is 30.8 Å². The van der Waals surface area contributed by atoms with E-state index < -0.39 is 0 Å². The van der Waals surface area contributed by atoms with Gasteiger partial charge in [-0.25, -0.2) is 9.49 Å². The minimum atomic E-state index is -0.288. The van der Waals surface area contributed by atoms with Gasteiger partial charge in [-0.1, -0.05) is 5.16 Å². The second-order valence-corrected chi connectivity index (χ2v) is 7.40. The number of ether oxygens (including phenoxy) is 1. The number of nitrogens with zero attached hydrogens (tertiary/aromatic N) is 3. The SMILES string of the molecule is COc1ccc(F)c(CN2CCCC(c3n[nH]c(=O)cc3-c3cc(C)no3)C2)c1.